The van der Waals surface area contributed by atoms with Gasteiger partial charge in [-0.1, -0.05) is 26.7 Å². The van der Waals surface area contributed by atoms with Crippen molar-refractivity contribution in [3.63, 3.8) is 0 Å². The summed E-state index contributed by atoms with van der Waals surface area (Å²) in [5.41, 5.74) is 5.18. The van der Waals surface area contributed by atoms with Gasteiger partial charge in [0.1, 0.15) is 0 Å². The molecule has 0 radical (unpaired) electrons. The van der Waals surface area contributed by atoms with E-state index in [1.54, 1.807) is 0 Å². The third kappa shape index (κ3) is 32.7. The van der Waals surface area contributed by atoms with Crippen LogP contribution in [0.15, 0.2) is 0 Å². The molecule has 0 fully saturated rings. The fourth-order valence-corrected chi connectivity index (χ4v) is 0.590. The predicted molar refractivity (Wildman–Crippen MR) is 48.5 cm³/mol. The quantitative estimate of drug-likeness (QED) is 0.397. The average Bonchev–Trinajstić information content (AvgIpc) is 1.99. The number of carbonyl (C=O) groups is 1. The fourth-order valence-electron chi connectivity index (χ4n) is 0.590. The predicted octanol–water partition coefficient (Wildman–Crippen LogP) is -2.32. The van der Waals surface area contributed by atoms with Crippen molar-refractivity contribution in [2.45, 2.75) is 46.0 Å². The zero-order chi connectivity index (χ0) is 9.82. The van der Waals surface area contributed by atoms with Crippen LogP contribution in [-0.4, -0.2) is 12.5 Å². The van der Waals surface area contributed by atoms with E-state index in [9.17, 15) is 9.90 Å². The Labute approximate surface area is 103 Å². The van der Waals surface area contributed by atoms with E-state index in [1.165, 1.54) is 6.42 Å². The van der Waals surface area contributed by atoms with Crippen molar-refractivity contribution in [3.8, 4) is 0 Å². The maximum atomic E-state index is 9.82. The van der Waals surface area contributed by atoms with Gasteiger partial charge in [0.2, 0.25) is 0 Å². The summed E-state index contributed by atoms with van der Waals surface area (Å²) in [7, 11) is 0. The Bertz CT molecular complexity index is 99.6. The van der Waals surface area contributed by atoms with Crippen molar-refractivity contribution in [2.75, 3.05) is 6.54 Å². The Hall–Kier alpha value is 0.430. The summed E-state index contributed by atoms with van der Waals surface area (Å²) in [5.74, 6) is -0.966. The summed E-state index contributed by atoms with van der Waals surface area (Å²) < 4.78 is 0. The number of unbranched alkanes of at least 4 members (excludes halogenated alkanes) is 2. The topological polar surface area (TPSA) is 66.2 Å². The van der Waals surface area contributed by atoms with Gasteiger partial charge in [-0.25, -0.2) is 0 Å². The van der Waals surface area contributed by atoms with E-state index in [1.807, 2.05) is 0 Å². The van der Waals surface area contributed by atoms with Crippen LogP contribution in [0.25, 0.3) is 0 Å². The number of carboxylic acid groups (broad SMARTS) is 1. The molecule has 0 saturated heterocycles. The van der Waals surface area contributed by atoms with E-state index in [4.69, 9.17) is 5.73 Å². The summed E-state index contributed by atoms with van der Waals surface area (Å²) in [6.45, 7) is 4.90. The van der Waals surface area contributed by atoms with Gasteiger partial charge >= 0.3 is 29.6 Å². The average molecular weight is 197 g/mol. The first-order valence-corrected chi connectivity index (χ1v) is 4.58. The van der Waals surface area contributed by atoms with Crippen LogP contribution in [-0.2, 0) is 4.79 Å². The first-order valence-electron chi connectivity index (χ1n) is 4.58. The molecule has 13 heavy (non-hydrogen) atoms. The van der Waals surface area contributed by atoms with Crippen LogP contribution in [0.2, 0.25) is 0 Å². The van der Waals surface area contributed by atoms with Crippen molar-refractivity contribution in [1.82, 2.24) is 0 Å². The minimum atomic E-state index is -0.966. The Morgan fingerprint density at radius 2 is 1.69 bits per heavy atom. The molecule has 3 nitrogen and oxygen atoms in total. The van der Waals surface area contributed by atoms with E-state index in [0.717, 1.165) is 12.8 Å². The molecule has 0 aromatic heterocycles. The number of hydrogen-bond acceptors (Lipinski definition) is 3. The number of carbonyl (C=O) groups excluding carboxylic acids is 1. The van der Waals surface area contributed by atoms with Gasteiger partial charge in [-0.05, 0) is 25.8 Å². The van der Waals surface area contributed by atoms with Crippen LogP contribution in [0.3, 0.4) is 0 Å². The molecule has 0 aliphatic heterocycles. The van der Waals surface area contributed by atoms with Gasteiger partial charge in [0, 0.05) is 5.97 Å². The second-order valence-electron chi connectivity index (χ2n) is 2.68. The summed E-state index contributed by atoms with van der Waals surface area (Å²) in [6, 6.07) is 0. The molecule has 0 bridgehead atoms. The first kappa shape index (κ1) is 19.1. The summed E-state index contributed by atoms with van der Waals surface area (Å²) >= 11 is 0. The monoisotopic (exact) mass is 197 g/mol. The van der Waals surface area contributed by atoms with E-state index in [-0.39, 0.29) is 36.0 Å². The third-order valence-corrected chi connectivity index (χ3v) is 1.09. The second-order valence-corrected chi connectivity index (χ2v) is 2.68. The van der Waals surface area contributed by atoms with Crippen LogP contribution in [0, 0.1) is 0 Å². The summed E-state index contributed by atoms with van der Waals surface area (Å²) in [6.07, 6.45) is 3.91. The molecule has 0 atom stereocenters. The molecule has 0 spiro atoms. The molecule has 2 N–H and O–H groups in total. The van der Waals surface area contributed by atoms with Crippen molar-refractivity contribution in [3.05, 3.63) is 0 Å². The van der Waals surface area contributed by atoms with Crippen LogP contribution < -0.4 is 40.4 Å². The Morgan fingerprint density at radius 3 is 2.00 bits per heavy atom. The Kier molecular flexibility index (Phi) is 26.8. The first-order chi connectivity index (χ1) is 5.68. The molecule has 74 valence electrons. The molecule has 0 amide bonds. The van der Waals surface area contributed by atoms with Crippen molar-refractivity contribution in [1.29, 1.82) is 0 Å². The summed E-state index contributed by atoms with van der Waals surface area (Å²) in [4.78, 5) is 9.82. The zero-order valence-corrected chi connectivity index (χ0v) is 11.1. The standard InChI is InChI=1S/C6H13NO2.C3H8.Na/c7-5-3-1-2-4-6(8)9;1-3-2;/h1-5,7H2,(H,8,9);3H2,1-2H3;/q;;+1/p-1. The number of hydrogen-bond donors (Lipinski definition) is 1. The molecule has 0 aliphatic rings. The Balaban J connectivity index is -0.000000220. The van der Waals surface area contributed by atoms with Crippen molar-refractivity contribution in [2.24, 2.45) is 5.73 Å². The molecular formula is C9H20NNaO2. The van der Waals surface area contributed by atoms with Gasteiger partial charge in [-0.3, -0.25) is 0 Å². The van der Waals surface area contributed by atoms with Gasteiger partial charge in [0.15, 0.2) is 0 Å². The number of nitrogens with two attached hydrogens (primary N) is 1. The fraction of sp³-hybridized carbons (Fsp3) is 0.889. The number of aliphatic carboxylic acids is 1. The maximum Gasteiger partial charge on any atom is 1.00 e. The molecular weight excluding hydrogens is 177 g/mol. The zero-order valence-electron chi connectivity index (χ0n) is 9.14. The minimum absolute atomic E-state index is 0. The molecule has 0 saturated carbocycles. The molecule has 0 heterocycles. The van der Waals surface area contributed by atoms with Crippen molar-refractivity contribution < 1.29 is 39.5 Å². The SMILES string of the molecule is CCC.NCCCCCC(=O)[O-].[Na+]. The number of carboxylic acids is 1. The molecule has 0 rings (SSSR count). The molecule has 4 heteroatoms. The van der Waals surface area contributed by atoms with Gasteiger partial charge in [-0.2, -0.15) is 0 Å². The molecule has 0 aromatic rings. The maximum absolute atomic E-state index is 9.82. The normalized spacial score (nSPS) is 7.92. The minimum Gasteiger partial charge on any atom is -0.550 e. The van der Waals surface area contributed by atoms with E-state index < -0.39 is 5.97 Å². The van der Waals surface area contributed by atoms with E-state index in [0.29, 0.717) is 13.0 Å². The van der Waals surface area contributed by atoms with Gasteiger partial charge in [0.05, 0.1) is 0 Å². The smallest absolute Gasteiger partial charge is 0.550 e. The molecule has 0 aromatic carbocycles. The summed E-state index contributed by atoms with van der Waals surface area (Å²) in [5, 5.41) is 9.82. The van der Waals surface area contributed by atoms with Crippen LogP contribution in [0.1, 0.15) is 46.0 Å². The van der Waals surface area contributed by atoms with Crippen LogP contribution in [0.4, 0.5) is 0 Å². The second kappa shape index (κ2) is 18.3. The largest absolute Gasteiger partial charge is 1.00 e. The van der Waals surface area contributed by atoms with Gasteiger partial charge < -0.3 is 15.6 Å². The van der Waals surface area contributed by atoms with E-state index in [2.05, 4.69) is 13.8 Å². The van der Waals surface area contributed by atoms with Gasteiger partial charge in [0.25, 0.3) is 0 Å². The van der Waals surface area contributed by atoms with E-state index >= 15 is 0 Å². The third-order valence-electron chi connectivity index (χ3n) is 1.09. The number of rotatable bonds is 5. The van der Waals surface area contributed by atoms with Crippen molar-refractivity contribution >= 4 is 5.97 Å². The molecule has 0 aliphatic carbocycles. The van der Waals surface area contributed by atoms with Crippen LogP contribution >= 0.6 is 0 Å². The Morgan fingerprint density at radius 1 is 1.23 bits per heavy atom. The molecule has 0 unspecified atom stereocenters. The van der Waals surface area contributed by atoms with Gasteiger partial charge in [-0.15, -0.1) is 0 Å². The van der Waals surface area contributed by atoms with Crippen LogP contribution in [0.5, 0.6) is 0 Å².